The molecule has 1 fully saturated rings. The molecule has 0 bridgehead atoms. The molecule has 0 radical (unpaired) electrons. The van der Waals surface area contributed by atoms with Gasteiger partial charge in [-0.15, -0.1) is 5.10 Å². The van der Waals surface area contributed by atoms with Crippen molar-refractivity contribution >= 4 is 24.9 Å². The fourth-order valence-corrected chi connectivity index (χ4v) is 6.34. The molecule has 3 heterocycles. The van der Waals surface area contributed by atoms with E-state index in [0.717, 1.165) is 56.3 Å². The zero-order valence-corrected chi connectivity index (χ0v) is 22.7. The molecule has 7 heteroatoms. The van der Waals surface area contributed by atoms with Crippen LogP contribution in [0.15, 0.2) is 67.0 Å². The Morgan fingerprint density at radius 1 is 1.03 bits per heavy atom. The molecular weight excluding hydrogens is 462 g/mol. The second-order valence-corrected chi connectivity index (χ2v) is 16.9. The second kappa shape index (κ2) is 10.4. The second-order valence-electron chi connectivity index (χ2n) is 11.4. The van der Waals surface area contributed by atoms with Gasteiger partial charge in [-0.25, -0.2) is 0 Å². The molecule has 0 spiro atoms. The van der Waals surface area contributed by atoms with Crippen molar-refractivity contribution in [3.8, 4) is 11.3 Å². The molecule has 0 saturated carbocycles. The fraction of sp³-hybridized carbons (Fsp3) is 0.414. The van der Waals surface area contributed by atoms with Crippen molar-refractivity contribution in [3.63, 3.8) is 0 Å². The topological polar surface area (TPSA) is 56.0 Å². The minimum Gasteiger partial charge on any atom is -0.347 e. The highest BCUT2D eigenvalue weighted by Crippen LogP contribution is 2.27. The summed E-state index contributed by atoms with van der Waals surface area (Å²) >= 11 is 0. The number of likely N-dealkylation sites (tertiary alicyclic amines) is 1. The summed E-state index contributed by atoms with van der Waals surface area (Å²) in [5.74, 6) is 0.887. The van der Waals surface area contributed by atoms with E-state index < -0.39 is 8.07 Å². The smallest absolute Gasteiger partial charge is 0.222 e. The SMILES string of the molecule is C[Si](C)(C)Cn1cc(-c2ccc3c(ccn3CC3CCN(C(=O)CCc4ccccc4)CC3)c2)nn1. The summed E-state index contributed by atoms with van der Waals surface area (Å²) in [7, 11) is -1.24. The Morgan fingerprint density at radius 2 is 1.81 bits per heavy atom. The van der Waals surface area contributed by atoms with E-state index >= 15 is 0 Å². The summed E-state index contributed by atoms with van der Waals surface area (Å²) in [6.07, 6.45) is 8.82. The molecule has 4 aromatic rings. The molecule has 0 atom stereocenters. The van der Waals surface area contributed by atoms with Crippen molar-refractivity contribution < 1.29 is 4.79 Å². The maximum atomic E-state index is 12.7. The van der Waals surface area contributed by atoms with Crippen LogP contribution in [0.3, 0.4) is 0 Å². The third kappa shape index (κ3) is 5.95. The van der Waals surface area contributed by atoms with Gasteiger partial charge in [0, 0.05) is 54.9 Å². The van der Waals surface area contributed by atoms with E-state index in [9.17, 15) is 4.79 Å². The van der Waals surface area contributed by atoms with Gasteiger partial charge in [0.25, 0.3) is 0 Å². The Morgan fingerprint density at radius 3 is 2.56 bits per heavy atom. The van der Waals surface area contributed by atoms with E-state index in [1.54, 1.807) is 0 Å². The third-order valence-electron chi connectivity index (χ3n) is 7.13. The highest BCUT2D eigenvalue weighted by molar-refractivity contribution is 6.74. The average Bonchev–Trinajstić information content (AvgIpc) is 3.49. The molecule has 2 aromatic carbocycles. The van der Waals surface area contributed by atoms with Gasteiger partial charge in [-0.1, -0.05) is 61.3 Å². The number of rotatable bonds is 8. The van der Waals surface area contributed by atoms with Crippen molar-refractivity contribution in [2.45, 2.75) is 58.0 Å². The van der Waals surface area contributed by atoms with Crippen LogP contribution in [0, 0.1) is 5.92 Å². The zero-order valence-electron chi connectivity index (χ0n) is 21.7. The van der Waals surface area contributed by atoms with Gasteiger partial charge in [0.2, 0.25) is 5.91 Å². The number of hydrogen-bond donors (Lipinski definition) is 0. The minimum absolute atomic E-state index is 0.290. The van der Waals surface area contributed by atoms with Crippen LogP contribution in [0.5, 0.6) is 0 Å². The molecule has 0 aliphatic carbocycles. The monoisotopic (exact) mass is 499 g/mol. The summed E-state index contributed by atoms with van der Waals surface area (Å²) < 4.78 is 4.37. The maximum Gasteiger partial charge on any atom is 0.222 e. The van der Waals surface area contributed by atoms with Crippen LogP contribution in [0.25, 0.3) is 22.2 Å². The lowest BCUT2D eigenvalue weighted by molar-refractivity contribution is -0.132. The molecule has 1 amide bonds. The van der Waals surface area contributed by atoms with Crippen molar-refractivity contribution in [3.05, 3.63) is 72.6 Å². The first-order chi connectivity index (χ1) is 17.3. The summed E-state index contributed by atoms with van der Waals surface area (Å²) in [4.78, 5) is 14.8. The molecule has 36 heavy (non-hydrogen) atoms. The number of aryl methyl sites for hydroxylation is 1. The minimum atomic E-state index is -1.24. The van der Waals surface area contributed by atoms with E-state index in [2.05, 4.69) is 88.2 Å². The maximum absolute atomic E-state index is 12.7. The van der Waals surface area contributed by atoms with Crippen LogP contribution in [0.1, 0.15) is 24.8 Å². The summed E-state index contributed by atoms with van der Waals surface area (Å²) in [6.45, 7) is 9.77. The Bertz CT molecular complexity index is 1310. The molecule has 2 aromatic heterocycles. The lowest BCUT2D eigenvalue weighted by Crippen LogP contribution is -2.39. The standard InChI is InChI=1S/C29H37N5OSi/c1-36(2,3)22-34-21-27(30-31-34)25-10-11-28-26(19-25)15-18-33(28)20-24-13-16-32(17-14-24)29(35)12-9-23-7-5-4-6-8-23/h4-8,10-11,15,18-19,21,24H,9,12-14,16-17,20,22H2,1-3H3. The molecule has 0 unspecified atom stereocenters. The van der Waals surface area contributed by atoms with Crippen LogP contribution >= 0.6 is 0 Å². The Kier molecular flexibility index (Phi) is 7.10. The van der Waals surface area contributed by atoms with Gasteiger partial charge in [-0.05, 0) is 48.9 Å². The molecule has 1 saturated heterocycles. The van der Waals surface area contributed by atoms with Gasteiger partial charge in [0.05, 0.1) is 14.3 Å². The molecular formula is C29H37N5OSi. The van der Waals surface area contributed by atoms with Crippen LogP contribution in [0.2, 0.25) is 19.6 Å². The summed E-state index contributed by atoms with van der Waals surface area (Å²) in [5, 5.41) is 10.0. The predicted molar refractivity (Wildman–Crippen MR) is 148 cm³/mol. The molecule has 0 N–H and O–H groups in total. The number of fused-ring (bicyclic) bond motifs is 1. The van der Waals surface area contributed by atoms with E-state index in [0.29, 0.717) is 12.3 Å². The van der Waals surface area contributed by atoms with Crippen LogP contribution < -0.4 is 0 Å². The highest BCUT2D eigenvalue weighted by atomic mass is 28.3. The van der Waals surface area contributed by atoms with Gasteiger partial charge in [-0.2, -0.15) is 0 Å². The molecule has 1 aliphatic heterocycles. The van der Waals surface area contributed by atoms with Gasteiger partial charge in [0.15, 0.2) is 0 Å². The first-order valence-corrected chi connectivity index (χ1v) is 16.9. The molecule has 188 valence electrons. The fourth-order valence-electron chi connectivity index (χ4n) is 5.21. The van der Waals surface area contributed by atoms with Crippen LogP contribution in [-0.4, -0.2) is 51.5 Å². The van der Waals surface area contributed by atoms with E-state index in [1.165, 1.54) is 16.5 Å². The predicted octanol–water partition coefficient (Wildman–Crippen LogP) is 5.65. The summed E-state index contributed by atoms with van der Waals surface area (Å²) in [5.41, 5.74) is 4.55. The lowest BCUT2D eigenvalue weighted by atomic mass is 9.96. The Balaban J connectivity index is 1.16. The number of carbonyl (C=O) groups is 1. The van der Waals surface area contributed by atoms with Gasteiger partial charge in [-0.3, -0.25) is 9.48 Å². The number of hydrogen-bond acceptors (Lipinski definition) is 3. The molecule has 1 aliphatic rings. The van der Waals surface area contributed by atoms with E-state index in [4.69, 9.17) is 0 Å². The van der Waals surface area contributed by atoms with Gasteiger partial charge >= 0.3 is 0 Å². The number of aromatic nitrogens is 4. The number of amides is 1. The number of carbonyl (C=O) groups excluding carboxylic acids is 1. The van der Waals surface area contributed by atoms with E-state index in [1.807, 2.05) is 22.9 Å². The zero-order chi connectivity index (χ0) is 25.1. The number of piperidine rings is 1. The third-order valence-corrected chi connectivity index (χ3v) is 8.41. The largest absolute Gasteiger partial charge is 0.347 e. The summed E-state index contributed by atoms with van der Waals surface area (Å²) in [6, 6.07) is 19.1. The van der Waals surface area contributed by atoms with Crippen molar-refractivity contribution in [1.82, 2.24) is 24.5 Å². The normalized spacial score (nSPS) is 15.0. The number of nitrogens with zero attached hydrogens (tertiary/aromatic N) is 5. The van der Waals surface area contributed by atoms with Crippen LogP contribution in [-0.2, 0) is 23.9 Å². The van der Waals surface area contributed by atoms with Gasteiger partial charge in [0.1, 0.15) is 5.69 Å². The Labute approximate surface area is 214 Å². The Hall–Kier alpha value is -3.19. The molecule has 5 rings (SSSR count). The number of benzene rings is 2. The first kappa shape index (κ1) is 24.5. The highest BCUT2D eigenvalue weighted by Gasteiger charge is 2.23. The van der Waals surface area contributed by atoms with E-state index in [-0.39, 0.29) is 5.91 Å². The van der Waals surface area contributed by atoms with Crippen molar-refractivity contribution in [2.24, 2.45) is 5.92 Å². The van der Waals surface area contributed by atoms with Crippen molar-refractivity contribution in [1.29, 1.82) is 0 Å². The lowest BCUT2D eigenvalue weighted by Gasteiger charge is -2.32. The quantitative estimate of drug-likeness (QED) is 0.295. The first-order valence-electron chi connectivity index (χ1n) is 13.2. The van der Waals surface area contributed by atoms with Gasteiger partial charge < -0.3 is 9.47 Å². The van der Waals surface area contributed by atoms with Crippen molar-refractivity contribution in [2.75, 3.05) is 13.1 Å². The van der Waals surface area contributed by atoms with Crippen LogP contribution in [0.4, 0.5) is 0 Å². The molecule has 6 nitrogen and oxygen atoms in total. The average molecular weight is 500 g/mol.